The van der Waals surface area contributed by atoms with Gasteiger partial charge < -0.3 is 21.1 Å². The third-order valence-corrected chi connectivity index (χ3v) is 2.54. The third-order valence-electron chi connectivity index (χ3n) is 2.17. The largest absolute Gasteiger partial charge is 0.383 e. The second-order valence-corrected chi connectivity index (χ2v) is 3.95. The van der Waals surface area contributed by atoms with E-state index in [9.17, 15) is 4.79 Å². The topological polar surface area (TPSA) is 102 Å². The van der Waals surface area contributed by atoms with E-state index in [1.54, 1.807) is 14.0 Å². The maximum Gasteiger partial charge on any atom is 0.242 e. The first-order valence-electron chi connectivity index (χ1n) is 5.35. The molecular weight excluding hydrogens is 258 g/mol. The van der Waals surface area contributed by atoms with Crippen molar-refractivity contribution in [2.75, 3.05) is 31.3 Å². The van der Waals surface area contributed by atoms with Gasteiger partial charge in [0, 0.05) is 13.7 Å². The summed E-state index contributed by atoms with van der Waals surface area (Å²) in [5.41, 5.74) is 5.53. The van der Waals surface area contributed by atoms with Crippen LogP contribution in [0.3, 0.4) is 0 Å². The smallest absolute Gasteiger partial charge is 0.242 e. The fourth-order valence-electron chi connectivity index (χ4n) is 1.18. The molecule has 1 aromatic rings. The molecule has 1 unspecified atom stereocenters. The lowest BCUT2D eigenvalue weighted by Crippen LogP contribution is -2.39. The molecule has 4 N–H and O–H groups in total. The lowest BCUT2D eigenvalue weighted by atomic mass is 10.3. The summed E-state index contributed by atoms with van der Waals surface area (Å²) in [7, 11) is 1.57. The Morgan fingerprint density at radius 1 is 1.61 bits per heavy atom. The van der Waals surface area contributed by atoms with E-state index in [-0.39, 0.29) is 16.7 Å². The molecule has 0 aromatic carbocycles. The first kappa shape index (κ1) is 14.5. The van der Waals surface area contributed by atoms with Gasteiger partial charge in [-0.2, -0.15) is 0 Å². The number of methoxy groups -OCH3 is 1. The predicted octanol–water partition coefficient (Wildman–Crippen LogP) is 0.275. The molecule has 1 amide bonds. The molecule has 7 nitrogen and oxygen atoms in total. The van der Waals surface area contributed by atoms with Crippen LogP contribution >= 0.6 is 11.6 Å². The van der Waals surface area contributed by atoms with Crippen molar-refractivity contribution in [3.63, 3.8) is 0 Å². The molecule has 1 aromatic heterocycles. The van der Waals surface area contributed by atoms with E-state index >= 15 is 0 Å². The molecule has 0 aliphatic carbocycles. The fraction of sp³-hybridized carbons (Fsp3) is 0.500. The number of amides is 1. The molecule has 0 saturated carbocycles. The van der Waals surface area contributed by atoms with Gasteiger partial charge >= 0.3 is 0 Å². The van der Waals surface area contributed by atoms with Gasteiger partial charge in [-0.05, 0) is 6.92 Å². The minimum absolute atomic E-state index is 0.168. The summed E-state index contributed by atoms with van der Waals surface area (Å²) in [6, 6.07) is -0.492. The van der Waals surface area contributed by atoms with Gasteiger partial charge in [-0.25, -0.2) is 9.97 Å². The highest BCUT2D eigenvalue weighted by Crippen LogP contribution is 2.23. The zero-order valence-electron chi connectivity index (χ0n) is 10.2. The van der Waals surface area contributed by atoms with Crippen LogP contribution < -0.4 is 16.4 Å². The van der Waals surface area contributed by atoms with Crippen molar-refractivity contribution in [2.24, 2.45) is 0 Å². The summed E-state index contributed by atoms with van der Waals surface area (Å²) in [4.78, 5) is 19.3. The van der Waals surface area contributed by atoms with Crippen LogP contribution in [-0.2, 0) is 9.53 Å². The molecule has 1 rings (SSSR count). The number of carbonyl (C=O) groups excluding carboxylic acids is 1. The van der Waals surface area contributed by atoms with Gasteiger partial charge in [-0.3, -0.25) is 4.79 Å². The number of nitrogen functional groups attached to an aromatic ring is 1. The Bertz CT molecular complexity index is 415. The number of nitrogens with two attached hydrogens (primary N) is 1. The average molecular weight is 274 g/mol. The van der Waals surface area contributed by atoms with Crippen LogP contribution in [-0.4, -0.2) is 42.2 Å². The van der Waals surface area contributed by atoms with Gasteiger partial charge in [0.25, 0.3) is 0 Å². The van der Waals surface area contributed by atoms with E-state index in [0.29, 0.717) is 19.0 Å². The lowest BCUT2D eigenvalue weighted by molar-refractivity contribution is -0.121. The molecule has 18 heavy (non-hydrogen) atoms. The van der Waals surface area contributed by atoms with Crippen molar-refractivity contribution in [3.05, 3.63) is 11.3 Å². The summed E-state index contributed by atoms with van der Waals surface area (Å²) in [5.74, 6) is 0.319. The molecule has 1 atom stereocenters. The maximum atomic E-state index is 11.7. The van der Waals surface area contributed by atoms with E-state index in [1.807, 2.05) is 0 Å². The number of anilines is 2. The summed E-state index contributed by atoms with van der Waals surface area (Å²) >= 11 is 5.90. The van der Waals surface area contributed by atoms with E-state index in [4.69, 9.17) is 22.1 Å². The number of nitrogens with zero attached hydrogens (tertiary/aromatic N) is 2. The van der Waals surface area contributed by atoms with Crippen LogP contribution in [0.15, 0.2) is 6.33 Å². The number of nitrogens with one attached hydrogen (secondary N) is 2. The van der Waals surface area contributed by atoms with Crippen LogP contribution in [0.25, 0.3) is 0 Å². The van der Waals surface area contributed by atoms with E-state index < -0.39 is 6.04 Å². The van der Waals surface area contributed by atoms with Crippen molar-refractivity contribution in [2.45, 2.75) is 13.0 Å². The minimum atomic E-state index is -0.492. The molecule has 0 spiro atoms. The number of carbonyl (C=O) groups is 1. The van der Waals surface area contributed by atoms with Crippen LogP contribution in [0.2, 0.25) is 5.02 Å². The zero-order chi connectivity index (χ0) is 13.5. The second kappa shape index (κ2) is 6.97. The first-order valence-corrected chi connectivity index (χ1v) is 5.73. The molecule has 0 aliphatic rings. The number of aromatic nitrogens is 2. The quantitative estimate of drug-likeness (QED) is 0.643. The second-order valence-electron chi connectivity index (χ2n) is 3.57. The molecule has 1 heterocycles. The van der Waals surface area contributed by atoms with Crippen molar-refractivity contribution in [3.8, 4) is 0 Å². The highest BCUT2D eigenvalue weighted by Gasteiger charge is 2.15. The van der Waals surface area contributed by atoms with Gasteiger partial charge in [0.05, 0.1) is 6.61 Å². The lowest BCUT2D eigenvalue weighted by Gasteiger charge is -2.15. The molecule has 8 heteroatoms. The van der Waals surface area contributed by atoms with Crippen molar-refractivity contribution in [1.29, 1.82) is 0 Å². The predicted molar refractivity (Wildman–Crippen MR) is 69.4 cm³/mol. The third kappa shape index (κ3) is 4.01. The van der Waals surface area contributed by atoms with E-state index in [0.717, 1.165) is 0 Å². The standard InChI is InChI=1S/C10H16ClN5O2/c1-6(10(17)13-3-4-18-2)16-9-7(11)8(12)14-5-15-9/h5-6H,3-4H2,1-2H3,(H,13,17)(H3,12,14,15,16). The summed E-state index contributed by atoms with van der Waals surface area (Å²) in [6.45, 7) is 2.59. The Labute approximate surface area is 110 Å². The Kier molecular flexibility index (Phi) is 5.60. The van der Waals surface area contributed by atoms with Crippen LogP contribution in [0, 0.1) is 0 Å². The number of rotatable bonds is 6. The van der Waals surface area contributed by atoms with Crippen LogP contribution in [0.1, 0.15) is 6.92 Å². The minimum Gasteiger partial charge on any atom is -0.383 e. The Hall–Kier alpha value is -1.60. The van der Waals surface area contributed by atoms with Crippen LogP contribution in [0.5, 0.6) is 0 Å². The molecule has 0 radical (unpaired) electrons. The number of hydrogen-bond acceptors (Lipinski definition) is 6. The van der Waals surface area contributed by atoms with Crippen LogP contribution in [0.4, 0.5) is 11.6 Å². The van der Waals surface area contributed by atoms with Crippen molar-refractivity contribution in [1.82, 2.24) is 15.3 Å². The maximum absolute atomic E-state index is 11.7. The average Bonchev–Trinajstić information content (AvgIpc) is 2.35. The zero-order valence-corrected chi connectivity index (χ0v) is 11.0. The summed E-state index contributed by atoms with van der Waals surface area (Å²) < 4.78 is 4.83. The highest BCUT2D eigenvalue weighted by molar-refractivity contribution is 6.35. The Balaban J connectivity index is 2.56. The molecule has 0 bridgehead atoms. The van der Waals surface area contributed by atoms with Crippen molar-refractivity contribution < 1.29 is 9.53 Å². The number of ether oxygens (including phenoxy) is 1. The van der Waals surface area contributed by atoms with Crippen molar-refractivity contribution >= 4 is 29.1 Å². The van der Waals surface area contributed by atoms with E-state index in [2.05, 4.69) is 20.6 Å². The summed E-state index contributed by atoms with van der Waals surface area (Å²) in [6.07, 6.45) is 1.28. The van der Waals surface area contributed by atoms with Gasteiger partial charge in [0.15, 0.2) is 5.82 Å². The molecule has 0 saturated heterocycles. The van der Waals surface area contributed by atoms with Gasteiger partial charge in [0.2, 0.25) is 5.91 Å². The molecular formula is C10H16ClN5O2. The van der Waals surface area contributed by atoms with Gasteiger partial charge in [-0.15, -0.1) is 0 Å². The Morgan fingerprint density at radius 2 is 2.33 bits per heavy atom. The normalized spacial score (nSPS) is 11.9. The Morgan fingerprint density at radius 3 is 3.00 bits per heavy atom. The first-order chi connectivity index (χ1) is 8.56. The number of hydrogen-bond donors (Lipinski definition) is 3. The highest BCUT2D eigenvalue weighted by atomic mass is 35.5. The monoisotopic (exact) mass is 273 g/mol. The fourth-order valence-corrected chi connectivity index (χ4v) is 1.34. The molecule has 0 aliphatic heterocycles. The SMILES string of the molecule is COCCNC(=O)C(C)Nc1ncnc(N)c1Cl. The van der Waals surface area contributed by atoms with E-state index in [1.165, 1.54) is 6.33 Å². The molecule has 100 valence electrons. The van der Waals surface area contributed by atoms with Gasteiger partial charge in [0.1, 0.15) is 23.2 Å². The van der Waals surface area contributed by atoms with Gasteiger partial charge in [-0.1, -0.05) is 11.6 Å². The number of halogens is 1. The molecule has 0 fully saturated rings. The summed E-state index contributed by atoms with van der Waals surface area (Å²) in [5, 5.41) is 5.76.